The largest absolute Gasteiger partial charge is 0.462 e. The van der Waals surface area contributed by atoms with Crippen molar-refractivity contribution in [1.29, 1.82) is 5.26 Å². The Bertz CT molecular complexity index is 681. The second kappa shape index (κ2) is 9.03. The van der Waals surface area contributed by atoms with Crippen molar-refractivity contribution in [2.24, 2.45) is 0 Å². The highest BCUT2D eigenvalue weighted by Crippen LogP contribution is 2.31. The molecule has 0 heterocycles. The topological polar surface area (TPSA) is 91.2 Å². The molecule has 0 fully saturated rings. The highest BCUT2D eigenvalue weighted by atomic mass is 35.5. The van der Waals surface area contributed by atoms with Crippen LogP contribution < -0.4 is 10.6 Å². The molecule has 0 aliphatic heterocycles. The minimum Gasteiger partial charge on any atom is -0.462 e. The van der Waals surface area contributed by atoms with E-state index in [4.69, 9.17) is 33.2 Å². The van der Waals surface area contributed by atoms with E-state index in [1.165, 1.54) is 12.1 Å². The molecule has 0 radical (unpaired) electrons. The molecule has 0 spiro atoms. The van der Waals surface area contributed by atoms with Crippen molar-refractivity contribution in [1.82, 2.24) is 5.32 Å². The predicted molar refractivity (Wildman–Crippen MR) is 88.4 cm³/mol. The van der Waals surface area contributed by atoms with Gasteiger partial charge in [-0.3, -0.25) is 4.79 Å². The molecule has 1 amide bonds. The summed E-state index contributed by atoms with van der Waals surface area (Å²) in [4.78, 5) is 23.5. The Kier molecular flexibility index (Phi) is 7.39. The lowest BCUT2D eigenvalue weighted by Gasteiger charge is -2.11. The molecule has 8 heteroatoms. The molecule has 0 saturated heterocycles. The summed E-state index contributed by atoms with van der Waals surface area (Å²) in [6.07, 6.45) is 1.16. The molecule has 0 aliphatic rings. The molecular weight excluding hydrogens is 341 g/mol. The maximum absolute atomic E-state index is 12.0. The Balaban J connectivity index is 3.11. The normalized spacial score (nSPS) is 10.7. The Labute approximate surface area is 144 Å². The fraction of sp³-hybridized carbons (Fsp3) is 0.267. The number of carbonyl (C=O) groups excluding carboxylic acids is 2. The van der Waals surface area contributed by atoms with Gasteiger partial charge in [-0.2, -0.15) is 5.26 Å². The van der Waals surface area contributed by atoms with Gasteiger partial charge >= 0.3 is 5.97 Å². The number of nitriles is 1. The lowest BCUT2D eigenvalue weighted by atomic mass is 10.1. The number of carbonyl (C=O) groups is 2. The van der Waals surface area contributed by atoms with Crippen LogP contribution >= 0.6 is 23.2 Å². The molecule has 122 valence electrons. The van der Waals surface area contributed by atoms with Crippen molar-refractivity contribution in [3.05, 3.63) is 39.5 Å². The molecule has 1 rings (SSSR count). The van der Waals surface area contributed by atoms with E-state index in [0.29, 0.717) is 12.2 Å². The lowest BCUT2D eigenvalue weighted by Crippen LogP contribution is -2.23. The average molecular weight is 356 g/mol. The Morgan fingerprint density at radius 1 is 1.35 bits per heavy atom. The van der Waals surface area contributed by atoms with Crippen LogP contribution in [0.15, 0.2) is 23.9 Å². The lowest BCUT2D eigenvalue weighted by molar-refractivity contribution is -0.138. The fourth-order valence-electron chi connectivity index (χ4n) is 1.62. The van der Waals surface area contributed by atoms with Crippen LogP contribution in [-0.2, 0) is 9.53 Å². The number of ether oxygens (including phenoxy) is 1. The van der Waals surface area contributed by atoms with E-state index in [9.17, 15) is 9.59 Å². The number of rotatable bonds is 6. The molecular formula is C15H15Cl2N3O3. The summed E-state index contributed by atoms with van der Waals surface area (Å²) in [5.74, 6) is -1.17. The number of hydrogen-bond acceptors (Lipinski definition) is 5. The van der Waals surface area contributed by atoms with Crippen LogP contribution in [0.2, 0.25) is 10.0 Å². The van der Waals surface area contributed by atoms with E-state index in [-0.39, 0.29) is 27.8 Å². The molecule has 6 nitrogen and oxygen atoms in total. The van der Waals surface area contributed by atoms with Gasteiger partial charge in [-0.15, -0.1) is 0 Å². The van der Waals surface area contributed by atoms with Crippen LogP contribution in [-0.4, -0.2) is 25.0 Å². The Morgan fingerprint density at radius 2 is 2.04 bits per heavy atom. The number of halogens is 2. The fourth-order valence-corrected chi connectivity index (χ4v) is 2.21. The van der Waals surface area contributed by atoms with Crippen molar-refractivity contribution in [3.8, 4) is 6.07 Å². The number of hydrogen-bond donors (Lipinski definition) is 2. The van der Waals surface area contributed by atoms with Gasteiger partial charge in [0.2, 0.25) is 0 Å². The number of amides is 1. The average Bonchev–Trinajstić information content (AvgIpc) is 2.50. The van der Waals surface area contributed by atoms with Gasteiger partial charge in [0.25, 0.3) is 5.91 Å². The van der Waals surface area contributed by atoms with Gasteiger partial charge in [-0.1, -0.05) is 23.2 Å². The van der Waals surface area contributed by atoms with Crippen molar-refractivity contribution >= 4 is 40.8 Å². The number of nitrogens with one attached hydrogen (secondary N) is 2. The van der Waals surface area contributed by atoms with Crippen molar-refractivity contribution in [3.63, 3.8) is 0 Å². The monoisotopic (exact) mass is 355 g/mol. The highest BCUT2D eigenvalue weighted by Gasteiger charge is 2.17. The maximum atomic E-state index is 12.0. The van der Waals surface area contributed by atoms with E-state index in [1.807, 2.05) is 0 Å². The van der Waals surface area contributed by atoms with Crippen LogP contribution in [0.25, 0.3) is 0 Å². The van der Waals surface area contributed by atoms with E-state index >= 15 is 0 Å². The molecule has 0 atom stereocenters. The Morgan fingerprint density at radius 3 is 2.61 bits per heavy atom. The summed E-state index contributed by atoms with van der Waals surface area (Å²) in [6.45, 7) is 3.98. The van der Waals surface area contributed by atoms with Crippen LogP contribution in [0.1, 0.15) is 24.2 Å². The third-order valence-electron chi connectivity index (χ3n) is 2.64. The highest BCUT2D eigenvalue weighted by molar-refractivity contribution is 6.41. The van der Waals surface area contributed by atoms with Gasteiger partial charge in [0.05, 0.1) is 27.9 Å². The molecule has 2 N–H and O–H groups in total. The summed E-state index contributed by atoms with van der Waals surface area (Å²) < 4.78 is 4.74. The van der Waals surface area contributed by atoms with Crippen molar-refractivity contribution in [2.75, 3.05) is 18.5 Å². The number of nitrogens with zero attached hydrogens (tertiary/aromatic N) is 1. The van der Waals surface area contributed by atoms with Crippen molar-refractivity contribution in [2.45, 2.75) is 13.8 Å². The van der Waals surface area contributed by atoms with Gasteiger partial charge in [0, 0.05) is 12.7 Å². The summed E-state index contributed by atoms with van der Waals surface area (Å²) in [5.41, 5.74) is 0.218. The molecule has 0 aromatic heterocycles. The van der Waals surface area contributed by atoms with Crippen LogP contribution in [0, 0.1) is 11.3 Å². The second-order valence-electron chi connectivity index (χ2n) is 4.18. The van der Waals surface area contributed by atoms with E-state index < -0.39 is 11.9 Å². The van der Waals surface area contributed by atoms with E-state index in [2.05, 4.69) is 10.6 Å². The first kappa shape index (κ1) is 18.8. The Hall–Kier alpha value is -2.23. The second-order valence-corrected chi connectivity index (χ2v) is 4.96. The molecule has 0 bridgehead atoms. The zero-order valence-electron chi connectivity index (χ0n) is 12.6. The smallest absolute Gasteiger partial charge is 0.350 e. The molecule has 1 aromatic rings. The standard InChI is InChI=1S/C15H15Cl2N3O3/c1-3-19-14(21)12-10(16)5-6-11(13(12)17)20-8-9(7-18)15(22)23-4-2/h5-6,8,20H,3-4H2,1-2H3,(H,19,21). The molecule has 23 heavy (non-hydrogen) atoms. The van der Waals surface area contributed by atoms with Crippen LogP contribution in [0.3, 0.4) is 0 Å². The first-order valence-corrected chi connectivity index (χ1v) is 7.51. The van der Waals surface area contributed by atoms with Gasteiger partial charge in [-0.05, 0) is 26.0 Å². The van der Waals surface area contributed by atoms with Crippen molar-refractivity contribution < 1.29 is 14.3 Å². The van der Waals surface area contributed by atoms with Crippen LogP contribution in [0.5, 0.6) is 0 Å². The predicted octanol–water partition coefficient (Wildman–Crippen LogP) is 3.13. The summed E-state index contributed by atoms with van der Waals surface area (Å²) in [6, 6.07) is 4.74. The first-order valence-electron chi connectivity index (χ1n) is 6.76. The molecule has 1 aromatic carbocycles. The van der Waals surface area contributed by atoms with E-state index in [1.54, 1.807) is 19.9 Å². The maximum Gasteiger partial charge on any atom is 0.350 e. The summed E-state index contributed by atoms with van der Waals surface area (Å²) in [5, 5.41) is 14.5. The third-order valence-corrected chi connectivity index (χ3v) is 3.35. The molecule has 0 unspecified atom stereocenters. The van der Waals surface area contributed by atoms with Gasteiger partial charge < -0.3 is 15.4 Å². The molecule has 0 aliphatic carbocycles. The van der Waals surface area contributed by atoms with Gasteiger partial charge in [-0.25, -0.2) is 4.79 Å². The quantitative estimate of drug-likeness (QED) is 0.464. The summed E-state index contributed by atoms with van der Waals surface area (Å²) >= 11 is 12.2. The number of anilines is 1. The third kappa shape index (κ3) is 4.88. The minimum atomic E-state index is -0.753. The number of benzene rings is 1. The van der Waals surface area contributed by atoms with Gasteiger partial charge in [0.15, 0.2) is 5.57 Å². The SMILES string of the molecule is CCNC(=O)c1c(Cl)ccc(NC=C(C#N)C(=O)OCC)c1Cl. The van der Waals surface area contributed by atoms with E-state index in [0.717, 1.165) is 6.20 Å². The zero-order valence-corrected chi connectivity index (χ0v) is 14.1. The minimum absolute atomic E-state index is 0.0841. The van der Waals surface area contributed by atoms with Crippen LogP contribution in [0.4, 0.5) is 5.69 Å². The molecule has 0 saturated carbocycles. The first-order chi connectivity index (χ1) is 11.0. The van der Waals surface area contributed by atoms with Gasteiger partial charge in [0.1, 0.15) is 6.07 Å². The number of esters is 1. The zero-order chi connectivity index (χ0) is 17.4. The summed E-state index contributed by atoms with van der Waals surface area (Å²) in [7, 11) is 0.